The van der Waals surface area contributed by atoms with Crippen molar-refractivity contribution in [2.75, 3.05) is 7.11 Å². The number of nitriles is 1. The Labute approximate surface area is 91.5 Å². The fourth-order valence-corrected chi connectivity index (χ4v) is 1.72. The zero-order chi connectivity index (χ0) is 11.3. The molecule has 1 atom stereocenters. The van der Waals surface area contributed by atoms with Crippen LogP contribution in [-0.4, -0.2) is 7.11 Å². The van der Waals surface area contributed by atoms with Crippen LogP contribution in [0.15, 0.2) is 24.3 Å². The minimum Gasteiger partial charge on any atom is -0.497 e. The number of ether oxygens (including phenoxy) is 1. The van der Waals surface area contributed by atoms with E-state index in [1.165, 1.54) is 0 Å². The van der Waals surface area contributed by atoms with Crippen LogP contribution in [0.5, 0.6) is 5.75 Å². The summed E-state index contributed by atoms with van der Waals surface area (Å²) < 4.78 is 5.09. The summed E-state index contributed by atoms with van der Waals surface area (Å²) in [5.41, 5.74) is 0.689. The van der Waals surface area contributed by atoms with Gasteiger partial charge in [0, 0.05) is 0 Å². The minimum atomic E-state index is -0.374. The Morgan fingerprint density at radius 1 is 1.33 bits per heavy atom. The largest absolute Gasteiger partial charge is 0.497 e. The second-order valence-electron chi connectivity index (χ2n) is 3.92. The summed E-state index contributed by atoms with van der Waals surface area (Å²) >= 11 is 0. The van der Waals surface area contributed by atoms with Gasteiger partial charge in [-0.1, -0.05) is 25.5 Å². The van der Waals surface area contributed by atoms with Crippen molar-refractivity contribution in [1.29, 1.82) is 5.26 Å². The van der Waals surface area contributed by atoms with Gasteiger partial charge in [-0.05, 0) is 31.0 Å². The molecule has 0 heterocycles. The molecule has 80 valence electrons. The average Bonchev–Trinajstić information content (AvgIpc) is 2.29. The molecule has 0 aliphatic carbocycles. The molecule has 0 fully saturated rings. The maximum Gasteiger partial charge on any atom is 0.118 e. The highest BCUT2D eigenvalue weighted by molar-refractivity contribution is 5.35. The maximum atomic E-state index is 9.22. The van der Waals surface area contributed by atoms with Gasteiger partial charge < -0.3 is 4.74 Å². The molecule has 1 aromatic rings. The van der Waals surface area contributed by atoms with Crippen LogP contribution < -0.4 is 4.74 Å². The second-order valence-corrected chi connectivity index (χ2v) is 3.92. The fraction of sp³-hybridized carbons (Fsp3) is 0.462. The molecule has 2 heteroatoms. The maximum absolute atomic E-state index is 9.22. The molecular formula is C13H17NO. The molecular weight excluding hydrogens is 186 g/mol. The predicted octanol–water partition coefficient (Wildman–Crippen LogP) is 3.28. The quantitative estimate of drug-likeness (QED) is 0.752. The van der Waals surface area contributed by atoms with Gasteiger partial charge in [0.1, 0.15) is 5.75 Å². The van der Waals surface area contributed by atoms with Crippen LogP contribution in [0, 0.1) is 11.3 Å². The van der Waals surface area contributed by atoms with Crippen LogP contribution in [0.1, 0.15) is 32.3 Å². The van der Waals surface area contributed by atoms with Crippen molar-refractivity contribution in [2.24, 2.45) is 0 Å². The number of methoxy groups -OCH3 is 1. The molecule has 0 aliphatic heterocycles. The van der Waals surface area contributed by atoms with Crippen LogP contribution >= 0.6 is 0 Å². The lowest BCUT2D eigenvalue weighted by atomic mass is 9.80. The molecule has 0 N–H and O–H groups in total. The Morgan fingerprint density at radius 2 is 1.93 bits per heavy atom. The molecule has 0 aliphatic rings. The van der Waals surface area contributed by atoms with Crippen molar-refractivity contribution in [3.05, 3.63) is 29.8 Å². The molecule has 2 nitrogen and oxygen atoms in total. The number of benzene rings is 1. The Kier molecular flexibility index (Phi) is 3.74. The molecule has 0 saturated carbocycles. The minimum absolute atomic E-state index is 0.374. The monoisotopic (exact) mass is 203 g/mol. The summed E-state index contributed by atoms with van der Waals surface area (Å²) in [4.78, 5) is 0. The third-order valence-electron chi connectivity index (χ3n) is 2.72. The Balaban J connectivity index is 2.98. The van der Waals surface area contributed by atoms with E-state index in [1.807, 2.05) is 31.2 Å². The second kappa shape index (κ2) is 4.84. The van der Waals surface area contributed by atoms with E-state index in [2.05, 4.69) is 13.0 Å². The lowest BCUT2D eigenvalue weighted by Crippen LogP contribution is -2.18. The molecule has 0 saturated heterocycles. The summed E-state index contributed by atoms with van der Waals surface area (Å²) in [5, 5.41) is 9.22. The molecule has 0 spiro atoms. The van der Waals surface area contributed by atoms with E-state index < -0.39 is 0 Å². The predicted molar refractivity (Wildman–Crippen MR) is 60.9 cm³/mol. The van der Waals surface area contributed by atoms with Gasteiger partial charge in [-0.15, -0.1) is 0 Å². The smallest absolute Gasteiger partial charge is 0.118 e. The van der Waals surface area contributed by atoms with Gasteiger partial charge in [0.15, 0.2) is 0 Å². The summed E-state index contributed by atoms with van der Waals surface area (Å²) in [7, 11) is 1.64. The lowest BCUT2D eigenvalue weighted by molar-refractivity contribution is 0.414. The zero-order valence-corrected chi connectivity index (χ0v) is 9.58. The summed E-state index contributed by atoms with van der Waals surface area (Å²) in [5.74, 6) is 0.829. The third-order valence-corrected chi connectivity index (χ3v) is 2.72. The number of rotatable bonds is 4. The van der Waals surface area contributed by atoms with E-state index in [1.54, 1.807) is 7.11 Å². The first kappa shape index (κ1) is 11.6. The van der Waals surface area contributed by atoms with Gasteiger partial charge in [-0.2, -0.15) is 5.26 Å². The van der Waals surface area contributed by atoms with E-state index in [0.29, 0.717) is 0 Å². The van der Waals surface area contributed by atoms with Gasteiger partial charge in [0.2, 0.25) is 0 Å². The van der Waals surface area contributed by atoms with E-state index >= 15 is 0 Å². The van der Waals surface area contributed by atoms with Crippen molar-refractivity contribution < 1.29 is 4.74 Å². The van der Waals surface area contributed by atoms with Crippen LogP contribution in [0.4, 0.5) is 0 Å². The molecule has 0 unspecified atom stereocenters. The van der Waals surface area contributed by atoms with E-state index in [9.17, 15) is 5.26 Å². The molecule has 1 aromatic carbocycles. The highest BCUT2D eigenvalue weighted by Gasteiger charge is 2.24. The van der Waals surface area contributed by atoms with Gasteiger partial charge in [-0.3, -0.25) is 0 Å². The van der Waals surface area contributed by atoms with Gasteiger partial charge in [-0.25, -0.2) is 0 Å². The van der Waals surface area contributed by atoms with E-state index in [4.69, 9.17) is 4.74 Å². The molecule has 0 aromatic heterocycles. The normalized spacial score (nSPS) is 14.0. The first-order valence-corrected chi connectivity index (χ1v) is 5.22. The number of hydrogen-bond donors (Lipinski definition) is 0. The van der Waals surface area contributed by atoms with E-state index in [0.717, 1.165) is 24.2 Å². The van der Waals surface area contributed by atoms with Crippen LogP contribution in [-0.2, 0) is 5.41 Å². The molecule has 0 bridgehead atoms. The van der Waals surface area contributed by atoms with Crippen molar-refractivity contribution in [2.45, 2.75) is 32.1 Å². The van der Waals surface area contributed by atoms with Crippen molar-refractivity contribution in [3.63, 3.8) is 0 Å². The lowest BCUT2D eigenvalue weighted by Gasteiger charge is -2.21. The van der Waals surface area contributed by atoms with Crippen LogP contribution in [0.3, 0.4) is 0 Å². The zero-order valence-electron chi connectivity index (χ0n) is 9.58. The number of nitrogens with zero attached hydrogens (tertiary/aromatic N) is 1. The highest BCUT2D eigenvalue weighted by atomic mass is 16.5. The summed E-state index contributed by atoms with van der Waals surface area (Å²) in [6.07, 6.45) is 1.89. The van der Waals surface area contributed by atoms with E-state index in [-0.39, 0.29) is 5.41 Å². The summed E-state index contributed by atoms with van der Waals surface area (Å²) in [6.45, 7) is 4.08. The average molecular weight is 203 g/mol. The third kappa shape index (κ3) is 2.50. The standard InChI is InChI=1S/C13H17NO/c1-4-9-13(2,10-14)11-5-7-12(15-3)8-6-11/h5-8H,4,9H2,1-3H3/t13-/m1/s1. The molecule has 0 radical (unpaired) electrons. The molecule has 1 rings (SSSR count). The van der Waals surface area contributed by atoms with Crippen LogP contribution in [0.2, 0.25) is 0 Å². The topological polar surface area (TPSA) is 33.0 Å². The van der Waals surface area contributed by atoms with Gasteiger partial charge in [0.05, 0.1) is 18.6 Å². The SMILES string of the molecule is CCC[C@](C)(C#N)c1ccc(OC)cc1. The van der Waals surface area contributed by atoms with Crippen LogP contribution in [0.25, 0.3) is 0 Å². The van der Waals surface area contributed by atoms with Gasteiger partial charge >= 0.3 is 0 Å². The fourth-order valence-electron chi connectivity index (χ4n) is 1.72. The van der Waals surface area contributed by atoms with Crippen molar-refractivity contribution in [3.8, 4) is 11.8 Å². The number of hydrogen-bond acceptors (Lipinski definition) is 2. The Hall–Kier alpha value is -1.49. The van der Waals surface area contributed by atoms with Crippen molar-refractivity contribution >= 4 is 0 Å². The first-order chi connectivity index (χ1) is 7.16. The van der Waals surface area contributed by atoms with Crippen molar-refractivity contribution in [1.82, 2.24) is 0 Å². The Bertz CT molecular complexity index is 350. The summed E-state index contributed by atoms with van der Waals surface area (Å²) in [6, 6.07) is 10.1. The van der Waals surface area contributed by atoms with Gasteiger partial charge in [0.25, 0.3) is 0 Å². The molecule has 15 heavy (non-hydrogen) atoms. The Morgan fingerprint density at radius 3 is 2.33 bits per heavy atom. The highest BCUT2D eigenvalue weighted by Crippen LogP contribution is 2.29. The first-order valence-electron chi connectivity index (χ1n) is 5.22. The molecule has 0 amide bonds.